The lowest BCUT2D eigenvalue weighted by Gasteiger charge is -2.30. The molecule has 156 valence electrons. The second-order valence-electron chi connectivity index (χ2n) is 6.92. The summed E-state index contributed by atoms with van der Waals surface area (Å²) in [7, 11) is 1.45. The Kier molecular flexibility index (Phi) is 9.62. The number of carbonyl (C=O) groups excluding carboxylic acids is 3. The van der Waals surface area contributed by atoms with Gasteiger partial charge in [0.1, 0.15) is 11.8 Å². The van der Waals surface area contributed by atoms with Crippen LogP contribution in [0.1, 0.15) is 46.0 Å². The van der Waals surface area contributed by atoms with Gasteiger partial charge in [-0.05, 0) is 25.2 Å². The van der Waals surface area contributed by atoms with E-state index in [9.17, 15) is 14.4 Å². The van der Waals surface area contributed by atoms with E-state index in [1.807, 2.05) is 13.8 Å². The summed E-state index contributed by atoms with van der Waals surface area (Å²) in [5.41, 5.74) is 0. The molecule has 1 aliphatic heterocycles. The Bertz CT molecular complexity index is 665. The Morgan fingerprint density at radius 3 is 2.54 bits per heavy atom. The SMILES string of the molecule is C#CCCC(=O)NC(CCC(Cl)(Cl)Cl)C(=O)N1C(=O)C=C(OC)C1CC(C)C. The average Bonchev–Trinajstić information content (AvgIpc) is 2.89. The van der Waals surface area contributed by atoms with Crippen LogP contribution in [0.15, 0.2) is 11.8 Å². The highest BCUT2D eigenvalue weighted by molar-refractivity contribution is 6.67. The summed E-state index contributed by atoms with van der Waals surface area (Å²) in [6, 6.07) is -1.56. The number of amides is 3. The van der Waals surface area contributed by atoms with Crippen molar-refractivity contribution in [3.8, 4) is 12.3 Å². The molecule has 2 atom stereocenters. The van der Waals surface area contributed by atoms with Gasteiger partial charge in [-0.25, -0.2) is 0 Å². The highest BCUT2D eigenvalue weighted by atomic mass is 35.6. The van der Waals surface area contributed by atoms with Crippen LogP contribution in [0.5, 0.6) is 0 Å². The first-order valence-electron chi connectivity index (χ1n) is 8.92. The molecule has 0 aliphatic carbocycles. The van der Waals surface area contributed by atoms with Crippen LogP contribution in [0.25, 0.3) is 0 Å². The predicted molar refractivity (Wildman–Crippen MR) is 110 cm³/mol. The molecule has 9 heteroatoms. The number of halogens is 3. The van der Waals surface area contributed by atoms with Gasteiger partial charge < -0.3 is 10.1 Å². The Labute approximate surface area is 180 Å². The van der Waals surface area contributed by atoms with Crippen molar-refractivity contribution in [2.45, 2.75) is 61.8 Å². The summed E-state index contributed by atoms with van der Waals surface area (Å²) >= 11 is 17.4. The van der Waals surface area contributed by atoms with Crippen molar-refractivity contribution >= 4 is 52.5 Å². The summed E-state index contributed by atoms with van der Waals surface area (Å²) in [6.07, 6.45) is 7.34. The van der Waals surface area contributed by atoms with E-state index in [1.54, 1.807) is 0 Å². The number of rotatable bonds is 9. The van der Waals surface area contributed by atoms with Crippen molar-refractivity contribution < 1.29 is 19.1 Å². The van der Waals surface area contributed by atoms with Gasteiger partial charge in [-0.15, -0.1) is 12.3 Å². The van der Waals surface area contributed by atoms with Crippen LogP contribution in [-0.4, -0.2) is 45.6 Å². The van der Waals surface area contributed by atoms with Gasteiger partial charge in [0.25, 0.3) is 11.8 Å². The Morgan fingerprint density at radius 2 is 2.04 bits per heavy atom. The monoisotopic (exact) mass is 450 g/mol. The van der Waals surface area contributed by atoms with Crippen LogP contribution in [0.2, 0.25) is 0 Å². The van der Waals surface area contributed by atoms with Crippen LogP contribution < -0.4 is 5.32 Å². The summed E-state index contributed by atoms with van der Waals surface area (Å²) in [6.45, 7) is 3.95. The molecule has 0 saturated heterocycles. The molecule has 0 saturated carbocycles. The van der Waals surface area contributed by atoms with E-state index in [0.29, 0.717) is 12.2 Å². The number of methoxy groups -OCH3 is 1. The smallest absolute Gasteiger partial charge is 0.257 e. The fraction of sp³-hybridized carbons (Fsp3) is 0.632. The second kappa shape index (κ2) is 10.9. The van der Waals surface area contributed by atoms with Crippen molar-refractivity contribution in [1.29, 1.82) is 0 Å². The molecule has 0 bridgehead atoms. The molecule has 0 spiro atoms. The number of nitrogens with one attached hydrogen (secondary N) is 1. The number of nitrogens with zero attached hydrogens (tertiary/aromatic N) is 1. The lowest BCUT2D eigenvalue weighted by Crippen LogP contribution is -2.52. The molecule has 0 aromatic rings. The highest BCUT2D eigenvalue weighted by Crippen LogP contribution is 2.33. The topological polar surface area (TPSA) is 75.7 Å². The predicted octanol–water partition coefficient (Wildman–Crippen LogP) is 3.35. The minimum absolute atomic E-state index is 0.0188. The van der Waals surface area contributed by atoms with Gasteiger partial charge in [0.05, 0.1) is 13.2 Å². The summed E-state index contributed by atoms with van der Waals surface area (Å²) < 4.78 is 3.68. The van der Waals surface area contributed by atoms with Crippen LogP contribution >= 0.6 is 34.8 Å². The van der Waals surface area contributed by atoms with Crippen LogP contribution in [-0.2, 0) is 19.1 Å². The fourth-order valence-corrected chi connectivity index (χ4v) is 3.21. The van der Waals surface area contributed by atoms with Crippen molar-refractivity contribution in [3.63, 3.8) is 0 Å². The standard InChI is InChI=1S/C19H25Cl3N2O4/c1-5-6-7-16(25)23-13(8-9-19(20,21)22)18(27)24-14(10-12(2)3)15(28-4)11-17(24)26/h1,11-14H,6-10H2,2-4H3,(H,23,25). The summed E-state index contributed by atoms with van der Waals surface area (Å²) in [4.78, 5) is 38.9. The lowest BCUT2D eigenvalue weighted by atomic mass is 10.0. The Balaban J connectivity index is 3.05. The van der Waals surface area contributed by atoms with Gasteiger partial charge >= 0.3 is 0 Å². The van der Waals surface area contributed by atoms with E-state index in [4.69, 9.17) is 46.0 Å². The molecule has 0 aromatic heterocycles. The number of hydrogen-bond donors (Lipinski definition) is 1. The molecular weight excluding hydrogens is 427 g/mol. The molecule has 6 nitrogen and oxygen atoms in total. The molecule has 2 unspecified atom stereocenters. The minimum atomic E-state index is -1.59. The molecule has 0 fully saturated rings. The van der Waals surface area contributed by atoms with Gasteiger partial charge in [0.2, 0.25) is 5.91 Å². The van der Waals surface area contributed by atoms with Crippen molar-refractivity contribution in [1.82, 2.24) is 10.2 Å². The molecule has 0 radical (unpaired) electrons. The first kappa shape index (κ1) is 24.6. The summed E-state index contributed by atoms with van der Waals surface area (Å²) in [5, 5.41) is 2.61. The third-order valence-corrected chi connectivity index (χ3v) is 4.72. The molecule has 1 rings (SSSR count). The van der Waals surface area contributed by atoms with Gasteiger partial charge in [-0.3, -0.25) is 19.3 Å². The highest BCUT2D eigenvalue weighted by Gasteiger charge is 2.41. The molecule has 1 N–H and O–H groups in total. The molecule has 3 amide bonds. The van der Waals surface area contributed by atoms with Crippen LogP contribution in [0, 0.1) is 18.3 Å². The zero-order valence-electron chi connectivity index (χ0n) is 16.1. The maximum absolute atomic E-state index is 13.2. The van der Waals surface area contributed by atoms with Gasteiger partial charge in [-0.1, -0.05) is 48.7 Å². The third kappa shape index (κ3) is 7.54. The van der Waals surface area contributed by atoms with E-state index >= 15 is 0 Å². The van der Waals surface area contributed by atoms with Crippen LogP contribution in [0.3, 0.4) is 0 Å². The van der Waals surface area contributed by atoms with Gasteiger partial charge in [-0.2, -0.15) is 0 Å². The molecule has 1 aliphatic rings. The normalized spacial score (nSPS) is 17.9. The van der Waals surface area contributed by atoms with Crippen LogP contribution in [0.4, 0.5) is 0 Å². The minimum Gasteiger partial charge on any atom is -0.499 e. The maximum atomic E-state index is 13.2. The van der Waals surface area contributed by atoms with Crippen molar-refractivity contribution in [2.75, 3.05) is 7.11 Å². The zero-order chi connectivity index (χ0) is 21.5. The zero-order valence-corrected chi connectivity index (χ0v) is 18.4. The largest absolute Gasteiger partial charge is 0.499 e. The number of alkyl halides is 3. The number of ether oxygens (including phenoxy) is 1. The van der Waals surface area contributed by atoms with Gasteiger partial charge in [0, 0.05) is 18.9 Å². The molecule has 1 heterocycles. The lowest BCUT2D eigenvalue weighted by molar-refractivity contribution is -0.146. The fourth-order valence-electron chi connectivity index (χ4n) is 2.88. The molecule has 28 heavy (non-hydrogen) atoms. The number of terminal acetylenes is 1. The molecule has 0 aromatic carbocycles. The van der Waals surface area contributed by atoms with Crippen molar-refractivity contribution in [3.05, 3.63) is 11.8 Å². The van der Waals surface area contributed by atoms with E-state index in [1.165, 1.54) is 13.2 Å². The van der Waals surface area contributed by atoms with Gasteiger partial charge in [0.15, 0.2) is 3.79 Å². The number of hydrogen-bond acceptors (Lipinski definition) is 4. The van der Waals surface area contributed by atoms with E-state index in [0.717, 1.165) is 4.90 Å². The van der Waals surface area contributed by atoms with E-state index in [2.05, 4.69) is 11.2 Å². The second-order valence-corrected chi connectivity index (χ2v) is 9.44. The third-order valence-electron chi connectivity index (χ3n) is 4.16. The maximum Gasteiger partial charge on any atom is 0.257 e. The average molecular weight is 452 g/mol. The number of carbonyl (C=O) groups is 3. The Morgan fingerprint density at radius 1 is 1.39 bits per heavy atom. The first-order valence-corrected chi connectivity index (χ1v) is 10.1. The van der Waals surface area contributed by atoms with Crippen molar-refractivity contribution in [2.24, 2.45) is 5.92 Å². The van der Waals surface area contributed by atoms with E-state index < -0.39 is 33.6 Å². The first-order chi connectivity index (χ1) is 13.0. The number of imide groups is 1. The summed E-state index contributed by atoms with van der Waals surface area (Å²) in [5.74, 6) is 1.50. The quantitative estimate of drug-likeness (QED) is 0.431. The Hall–Kier alpha value is -1.42. The molecular formula is C19H25Cl3N2O4. The van der Waals surface area contributed by atoms with E-state index in [-0.39, 0.29) is 31.6 Å².